The van der Waals surface area contributed by atoms with Gasteiger partial charge in [-0.15, -0.1) is 0 Å². The number of hydrogen-bond donors (Lipinski definition) is 17. The molecule has 0 saturated carbocycles. The zero-order valence-electron chi connectivity index (χ0n) is 76.1. The van der Waals surface area contributed by atoms with Gasteiger partial charge in [0.05, 0.1) is 37.6 Å². The van der Waals surface area contributed by atoms with Crippen molar-refractivity contribution in [2.75, 3.05) is 107 Å². The van der Waals surface area contributed by atoms with E-state index in [1.807, 2.05) is 0 Å². The number of H-pyrrole nitrogens is 2. The van der Waals surface area contributed by atoms with Crippen LogP contribution in [0.2, 0.25) is 0 Å². The number of ketones is 1. The summed E-state index contributed by atoms with van der Waals surface area (Å²) in [6, 6.07) is -2.60. The third-order valence-electron chi connectivity index (χ3n) is 24.9. The highest BCUT2D eigenvalue weighted by atomic mass is 32.2. The van der Waals surface area contributed by atoms with E-state index < -0.39 is 222 Å². The van der Waals surface area contributed by atoms with Crippen LogP contribution in [0.1, 0.15) is 117 Å². The quantitative estimate of drug-likeness (QED) is 0.0400. The van der Waals surface area contributed by atoms with Gasteiger partial charge in [0.15, 0.2) is 5.78 Å². The molecule has 8 saturated heterocycles. The van der Waals surface area contributed by atoms with Gasteiger partial charge in [0.1, 0.15) is 60.4 Å². The number of carboxylic acid groups (broad SMARTS) is 1. The molecule has 12 rings (SSSR count). The highest BCUT2D eigenvalue weighted by molar-refractivity contribution is 7.99. The number of carboxylic acids is 1. The first-order valence-electron chi connectivity index (χ1n) is 44.6. The second-order valence-electron chi connectivity index (χ2n) is 35.4. The summed E-state index contributed by atoms with van der Waals surface area (Å²) in [7, 11) is 1.38. The lowest BCUT2D eigenvalue weighted by Crippen LogP contribution is -2.61. The van der Waals surface area contributed by atoms with E-state index in [-0.39, 0.29) is 162 Å². The van der Waals surface area contributed by atoms with Gasteiger partial charge in [-0.3, -0.25) is 91.1 Å². The van der Waals surface area contributed by atoms with Gasteiger partial charge in [0.25, 0.3) is 0 Å². The standard InChI is InChI=1S/C87H122N20O21S3.CO2/c1-9-55-78(121)99-62-39-131-28-23-70(115)106-44-86-40-104(68(113)21-26-129-37-52(76(119)102-74(49(7)108)84(127)95-55)31-64(109)48(6)93-66(111)36-103(8)67(112)20-24-88)41-87(86,45-106)43-105(42-86)69(114)22-27-130-38-61(75(89)118)98-82(125)63-19-14-25-107(63)85(128)73(47(4)5)101-79(122)58(29-50-33-90-56-17-12-10-15-53(50)56)94-65(110)35-92-77(120)60(32-71(116)117)97-83(126)72(46(2)3)100-80(123)59(96-81(62)124)30-51-34-91-57-18-13-11-16-54(51)57;2-1-3/h10-13,15-18,33-34,46-49,52,55,58-63,72-74,90-91,108H,9,14,19-32,35-45,88H2,1-8H3,(H2,89,118)(H,92,120)(H,93,111)(H,94,110)(H,95,127)(H,96,124)(H,97,126)(H,98,125)(H,99,121)(H,100,123)(H,101,122)(H,102,119)(H,116,117);/t48-,49+,52-,55-,58-,59-,60-,61-,62-,63-,72-,73-,74-,86-,87?;/m0./s1. The first kappa shape index (κ1) is 106. The SMILES string of the molecule is CC[C@@H]1NC(=O)[C@H]([C@@H](C)O)NC(=O)[C@@H](CC(=O)[C@H](C)NC(=O)CN(C)C(=O)CCN)CSCCC(=O)N2CC34CN5C[C@@]3(C2)CN(C4)C(=O)CCSC[C@H](NC1=O)C(=O)N[C@@H](Cc1c[nH]c2ccccc12)C(=O)N[C@@H](C(C)C)C(=O)N[C@@H](CC(=O)O)C(=O)NCC(=O)N[C@@H](Cc1c[nH]c2ccccc12)C(=O)N[C@@H](C(C)C)C(=O)N1CCC[C@H]1C(=O)N[C@H](C(N)=O)CSCCC5=O.O=C=O. The number of aromatic nitrogens is 2. The Balaban J connectivity index is 0.00000663. The summed E-state index contributed by atoms with van der Waals surface area (Å²) in [5.74, 6) is -18.9. The van der Waals surface area contributed by atoms with Crippen molar-refractivity contribution in [1.82, 2.24) is 93.0 Å². The van der Waals surface area contributed by atoms with Gasteiger partial charge < -0.3 is 115 Å². The largest absolute Gasteiger partial charge is 0.481 e. The molecule has 730 valence electrons. The Bertz CT molecular complexity index is 5040. The van der Waals surface area contributed by atoms with Crippen molar-refractivity contribution in [2.24, 2.45) is 40.1 Å². The molecule has 0 radical (unpaired) electrons. The van der Waals surface area contributed by atoms with E-state index in [4.69, 9.17) is 21.1 Å². The molecule has 15 atom stereocenters. The fourth-order valence-electron chi connectivity index (χ4n) is 17.6. The molecular formula is C88H122N20O23S3. The van der Waals surface area contributed by atoms with E-state index in [1.54, 1.807) is 89.5 Å². The number of aliphatic carboxylic acids is 1. The molecular weight excluding hydrogens is 1800 g/mol. The Morgan fingerprint density at radius 2 is 1.04 bits per heavy atom. The number of amides is 17. The second kappa shape index (κ2) is 48.8. The van der Waals surface area contributed by atoms with E-state index >= 15 is 9.59 Å². The van der Waals surface area contributed by atoms with E-state index in [0.717, 1.165) is 40.2 Å². The van der Waals surface area contributed by atoms with Crippen molar-refractivity contribution in [3.8, 4) is 0 Å². The summed E-state index contributed by atoms with van der Waals surface area (Å²) in [6.45, 7) is 9.79. The molecule has 2 spiro atoms. The summed E-state index contributed by atoms with van der Waals surface area (Å²) >= 11 is 3.34. The Morgan fingerprint density at radius 3 is 1.55 bits per heavy atom. The number of aromatic amines is 2. The number of carbonyl (C=O) groups is 19. The maximum atomic E-state index is 15.4. The lowest BCUT2D eigenvalue weighted by atomic mass is 9.71. The fourth-order valence-corrected chi connectivity index (χ4v) is 20.5. The van der Waals surface area contributed by atoms with Gasteiger partial charge in [-0.1, -0.05) is 71.0 Å². The minimum atomic E-state index is -1.94. The van der Waals surface area contributed by atoms with Gasteiger partial charge in [-0.05, 0) is 68.2 Å². The van der Waals surface area contributed by atoms with Crippen molar-refractivity contribution in [3.05, 3.63) is 72.1 Å². The van der Waals surface area contributed by atoms with E-state index in [2.05, 4.69) is 68.5 Å². The summed E-state index contributed by atoms with van der Waals surface area (Å²) in [6.07, 6.45) is -0.373. The number of thioether (sulfide) groups is 3. The molecule has 10 heterocycles. The monoisotopic (exact) mass is 1920 g/mol. The van der Waals surface area contributed by atoms with Crippen molar-refractivity contribution in [3.63, 3.8) is 0 Å². The number of nitrogens with zero attached hydrogens (tertiary/aromatic N) is 5. The zero-order valence-corrected chi connectivity index (χ0v) is 78.6. The number of para-hydroxylation sites is 2. The molecule has 8 fully saturated rings. The van der Waals surface area contributed by atoms with E-state index in [0.29, 0.717) is 39.4 Å². The Labute approximate surface area is 785 Å². The van der Waals surface area contributed by atoms with Crippen molar-refractivity contribution < 1.29 is 111 Å². The summed E-state index contributed by atoms with van der Waals surface area (Å²) < 4.78 is 0. The second-order valence-corrected chi connectivity index (χ2v) is 38.8. The maximum Gasteiger partial charge on any atom is 0.373 e. The molecule has 46 heteroatoms. The first-order valence-corrected chi connectivity index (χ1v) is 48.0. The van der Waals surface area contributed by atoms with Crippen LogP contribution in [-0.2, 0) is 114 Å². The minimum absolute atomic E-state index is 0.0146. The molecule has 4 aromatic rings. The molecule has 134 heavy (non-hydrogen) atoms. The van der Waals surface area contributed by atoms with Crippen LogP contribution in [0, 0.1) is 28.6 Å². The number of hydrogen-bond acceptors (Lipinski definition) is 26. The van der Waals surface area contributed by atoms with Gasteiger partial charge >= 0.3 is 12.1 Å². The number of nitrogens with one attached hydrogen (secondary N) is 13. The van der Waals surface area contributed by atoms with Crippen LogP contribution < -0.4 is 70.0 Å². The summed E-state index contributed by atoms with van der Waals surface area (Å²) in [5, 5.41) is 51.4. The van der Waals surface area contributed by atoms with Crippen molar-refractivity contribution in [2.45, 2.75) is 192 Å². The highest BCUT2D eigenvalue weighted by Crippen LogP contribution is 2.57. The van der Waals surface area contributed by atoms with Crippen LogP contribution in [0.25, 0.3) is 21.8 Å². The van der Waals surface area contributed by atoms with Crippen molar-refractivity contribution >= 4 is 175 Å². The Hall–Kier alpha value is -12.0. The zero-order chi connectivity index (χ0) is 98.2. The predicted molar refractivity (Wildman–Crippen MR) is 490 cm³/mol. The minimum Gasteiger partial charge on any atom is -0.481 e. The number of rotatable bonds is 19. The van der Waals surface area contributed by atoms with Crippen molar-refractivity contribution in [1.29, 1.82) is 0 Å². The molecule has 43 nitrogen and oxygen atoms in total. The normalized spacial score (nSPS) is 26.6. The van der Waals surface area contributed by atoms with Gasteiger partial charge in [-0.25, -0.2) is 0 Å². The van der Waals surface area contributed by atoms with Crippen LogP contribution >= 0.6 is 35.3 Å². The van der Waals surface area contributed by atoms with E-state index in [1.165, 1.54) is 46.6 Å². The maximum absolute atomic E-state index is 15.4. The number of Topliss-reactive ketones (excluding diaryl/α,β-unsaturated/α-hetero) is 1. The third kappa shape index (κ3) is 27.6. The number of fused-ring (bicyclic) bond motifs is 40. The number of nitrogens with two attached hydrogens (primary N) is 2. The van der Waals surface area contributed by atoms with Crippen LogP contribution in [0.3, 0.4) is 0 Å². The number of likely N-dealkylation sites (N-methyl/N-ethyl adjacent to an activating group) is 1. The Morgan fingerprint density at radius 1 is 0.567 bits per heavy atom. The Kier molecular flexibility index (Phi) is 38.5. The van der Waals surface area contributed by atoms with Crippen LogP contribution in [0.4, 0.5) is 0 Å². The summed E-state index contributed by atoms with van der Waals surface area (Å²) in [4.78, 5) is 302. The average Bonchev–Trinajstić information content (AvgIpc) is 1.52. The number of aliphatic hydroxyl groups excluding tert-OH is 1. The molecule has 8 aliphatic rings. The van der Waals surface area contributed by atoms with Crippen LogP contribution in [0.5, 0.6) is 0 Å². The summed E-state index contributed by atoms with van der Waals surface area (Å²) in [5.41, 5.74) is 12.0. The topological polar surface area (TPSA) is 631 Å². The number of benzene rings is 2. The smallest absolute Gasteiger partial charge is 0.373 e. The first-order chi connectivity index (χ1) is 63.6. The third-order valence-corrected chi connectivity index (χ3v) is 28.1. The van der Waals surface area contributed by atoms with Crippen LogP contribution in [-0.4, -0.2) is 343 Å². The molecule has 2 aromatic heterocycles. The lowest BCUT2D eigenvalue weighted by Gasteiger charge is -2.32. The fraction of sp³-hybridized carbons (Fsp3) is 0.591. The number of primary amides is 1. The van der Waals surface area contributed by atoms with Gasteiger partial charge in [-0.2, -0.15) is 44.9 Å². The van der Waals surface area contributed by atoms with Gasteiger partial charge in [0.2, 0.25) is 100 Å². The highest BCUT2D eigenvalue weighted by Gasteiger charge is 2.69. The van der Waals surface area contributed by atoms with Gasteiger partial charge in [0, 0.05) is 184 Å². The molecule has 0 aliphatic carbocycles. The molecule has 6 bridgehead atoms. The van der Waals surface area contributed by atoms with Crippen LogP contribution in [0.15, 0.2) is 60.9 Å². The molecule has 8 aliphatic heterocycles. The molecule has 1 unspecified atom stereocenters. The molecule has 17 amide bonds. The van der Waals surface area contributed by atoms with E-state index in [9.17, 15) is 91.7 Å². The molecule has 19 N–H and O–H groups in total. The predicted octanol–water partition coefficient (Wildman–Crippen LogP) is -3.83. The number of carbonyl (C=O) groups excluding carboxylic acids is 20. The number of aliphatic hydroxyl groups is 1. The lowest BCUT2D eigenvalue weighted by molar-refractivity contribution is -0.192. The molecule has 2 aromatic carbocycles. The average molecular weight is 1920 g/mol.